The summed E-state index contributed by atoms with van der Waals surface area (Å²) in [5.41, 5.74) is 5.86. The molecule has 0 unspecified atom stereocenters. The van der Waals surface area contributed by atoms with Crippen LogP contribution in [-0.2, 0) is 17.8 Å². The molecule has 3 heterocycles. The van der Waals surface area contributed by atoms with E-state index in [9.17, 15) is 14.3 Å². The largest absolute Gasteiger partial charge is 0.436 e. The molecule has 2 aromatic carbocycles. The van der Waals surface area contributed by atoms with Crippen LogP contribution in [0, 0.1) is 26.6 Å². The van der Waals surface area contributed by atoms with Crippen LogP contribution in [0.3, 0.4) is 0 Å². The lowest BCUT2D eigenvalue weighted by molar-refractivity contribution is -0.113. The van der Waals surface area contributed by atoms with Crippen LogP contribution in [0.5, 0.6) is 11.6 Å². The van der Waals surface area contributed by atoms with Crippen LogP contribution in [0.1, 0.15) is 33.5 Å². The van der Waals surface area contributed by atoms with Crippen molar-refractivity contribution in [1.29, 1.82) is 0 Å². The number of nitrogens with one attached hydrogen (secondary N) is 1. The number of carbonyl (C=O) groups is 1. The van der Waals surface area contributed by atoms with E-state index >= 15 is 0 Å². The summed E-state index contributed by atoms with van der Waals surface area (Å²) in [6.07, 6.45) is 2.02. The Labute approximate surface area is 218 Å². The summed E-state index contributed by atoms with van der Waals surface area (Å²) in [4.78, 5) is 26.3. The van der Waals surface area contributed by atoms with Gasteiger partial charge in [0.05, 0.1) is 29.2 Å². The number of aliphatic hydroxyl groups excluding tert-OH is 1. The molecule has 37 heavy (non-hydrogen) atoms. The summed E-state index contributed by atoms with van der Waals surface area (Å²) in [5.74, 6) is 0.424. The predicted octanol–water partition coefficient (Wildman–Crippen LogP) is 5.52. The van der Waals surface area contributed by atoms with Gasteiger partial charge in [-0.15, -0.1) is 0 Å². The lowest BCUT2D eigenvalue weighted by Gasteiger charge is -2.24. The maximum atomic E-state index is 14.6. The number of aryl methyl sites for hydroxylation is 3. The number of carbonyl (C=O) groups excluding carboxylic acids is 1. The first-order valence-electron chi connectivity index (χ1n) is 11.7. The molecule has 4 aromatic rings. The van der Waals surface area contributed by atoms with Crippen molar-refractivity contribution in [3.63, 3.8) is 0 Å². The van der Waals surface area contributed by atoms with Crippen LogP contribution in [-0.4, -0.2) is 31.7 Å². The molecule has 1 amide bonds. The number of pyridine rings is 1. The van der Waals surface area contributed by atoms with Gasteiger partial charge in [0.15, 0.2) is 11.6 Å². The third-order valence-electron chi connectivity index (χ3n) is 6.02. The number of thioether (sulfide) groups is 1. The van der Waals surface area contributed by atoms with Gasteiger partial charge in [0.2, 0.25) is 11.8 Å². The summed E-state index contributed by atoms with van der Waals surface area (Å²) >= 11 is 1.23. The number of anilines is 1. The Morgan fingerprint density at radius 2 is 1.86 bits per heavy atom. The first kappa shape index (κ1) is 24.9. The van der Waals surface area contributed by atoms with E-state index in [-0.39, 0.29) is 35.5 Å². The SMILES string of the molecule is Cc1cc(C)cc(NC(=O)CSc2nc(-c3ccccc3F)nc3c2Cc2c(CO)cnc(C)c2O3)c1. The molecule has 0 aliphatic carbocycles. The number of benzene rings is 2. The van der Waals surface area contributed by atoms with Gasteiger partial charge in [-0.25, -0.2) is 9.37 Å². The number of hydrogen-bond acceptors (Lipinski definition) is 7. The van der Waals surface area contributed by atoms with Crippen molar-refractivity contribution in [2.75, 3.05) is 11.1 Å². The van der Waals surface area contributed by atoms with Gasteiger partial charge in [-0.3, -0.25) is 9.78 Å². The maximum absolute atomic E-state index is 14.6. The number of amides is 1. The van der Waals surface area contributed by atoms with E-state index in [4.69, 9.17) is 4.74 Å². The van der Waals surface area contributed by atoms with Crippen molar-refractivity contribution in [3.8, 4) is 23.0 Å². The molecule has 2 N–H and O–H groups in total. The normalized spacial score (nSPS) is 11.9. The molecule has 0 radical (unpaired) electrons. The van der Waals surface area contributed by atoms with Crippen molar-refractivity contribution in [3.05, 3.63) is 88.0 Å². The van der Waals surface area contributed by atoms with Gasteiger partial charge in [0.25, 0.3) is 0 Å². The summed E-state index contributed by atoms with van der Waals surface area (Å²) < 4.78 is 20.8. The molecule has 0 bridgehead atoms. The summed E-state index contributed by atoms with van der Waals surface area (Å²) in [6.45, 7) is 5.58. The Kier molecular flexibility index (Phi) is 6.90. The molecule has 1 aliphatic rings. The van der Waals surface area contributed by atoms with Crippen LogP contribution in [0.15, 0.2) is 53.7 Å². The molecule has 2 aromatic heterocycles. The van der Waals surface area contributed by atoms with E-state index in [1.54, 1.807) is 24.4 Å². The summed E-state index contributed by atoms with van der Waals surface area (Å²) in [6, 6.07) is 12.1. The van der Waals surface area contributed by atoms with Gasteiger partial charge in [0, 0.05) is 29.4 Å². The molecule has 188 valence electrons. The van der Waals surface area contributed by atoms with Crippen molar-refractivity contribution < 1.29 is 19.0 Å². The first-order valence-corrected chi connectivity index (χ1v) is 12.7. The highest BCUT2D eigenvalue weighted by Gasteiger charge is 2.28. The first-order chi connectivity index (χ1) is 17.8. The average Bonchev–Trinajstić information content (AvgIpc) is 2.86. The molecule has 0 saturated heterocycles. The third kappa shape index (κ3) is 5.19. The number of ether oxygens (including phenoxy) is 1. The van der Waals surface area contributed by atoms with E-state index in [0.717, 1.165) is 22.4 Å². The lowest BCUT2D eigenvalue weighted by Crippen LogP contribution is -2.16. The number of rotatable bonds is 6. The lowest BCUT2D eigenvalue weighted by atomic mass is 9.99. The van der Waals surface area contributed by atoms with Crippen molar-refractivity contribution >= 4 is 23.4 Å². The highest BCUT2D eigenvalue weighted by atomic mass is 32.2. The maximum Gasteiger partial charge on any atom is 0.234 e. The minimum absolute atomic E-state index is 0.0856. The highest BCUT2D eigenvalue weighted by molar-refractivity contribution is 8.00. The van der Waals surface area contributed by atoms with E-state index in [1.165, 1.54) is 17.8 Å². The van der Waals surface area contributed by atoms with Crippen LogP contribution in [0.2, 0.25) is 0 Å². The number of hydrogen-bond donors (Lipinski definition) is 2. The zero-order valence-corrected chi connectivity index (χ0v) is 21.4. The van der Waals surface area contributed by atoms with Gasteiger partial charge in [0.1, 0.15) is 10.8 Å². The molecule has 9 heteroatoms. The average molecular weight is 517 g/mol. The van der Waals surface area contributed by atoms with Crippen molar-refractivity contribution in [2.24, 2.45) is 0 Å². The minimum Gasteiger partial charge on any atom is -0.436 e. The van der Waals surface area contributed by atoms with Crippen LogP contribution in [0.25, 0.3) is 11.4 Å². The third-order valence-corrected chi connectivity index (χ3v) is 7.04. The second-order valence-electron chi connectivity index (χ2n) is 8.94. The van der Waals surface area contributed by atoms with Crippen LogP contribution >= 0.6 is 11.8 Å². The fourth-order valence-corrected chi connectivity index (χ4v) is 5.18. The number of fused-ring (bicyclic) bond motifs is 2. The van der Waals surface area contributed by atoms with Crippen molar-refractivity contribution in [1.82, 2.24) is 15.0 Å². The van der Waals surface area contributed by atoms with Gasteiger partial charge in [-0.1, -0.05) is 30.0 Å². The van der Waals surface area contributed by atoms with Gasteiger partial charge >= 0.3 is 0 Å². The zero-order chi connectivity index (χ0) is 26.1. The molecule has 0 spiro atoms. The Balaban J connectivity index is 1.50. The number of halogens is 1. The van der Waals surface area contributed by atoms with Crippen LogP contribution in [0.4, 0.5) is 10.1 Å². The Bertz CT molecular complexity index is 1510. The van der Waals surface area contributed by atoms with E-state index in [0.29, 0.717) is 34.0 Å². The molecule has 0 fully saturated rings. The van der Waals surface area contributed by atoms with Gasteiger partial charge in [-0.05, 0) is 56.2 Å². The van der Waals surface area contributed by atoms with Gasteiger partial charge < -0.3 is 15.2 Å². The van der Waals surface area contributed by atoms with E-state index < -0.39 is 5.82 Å². The second kappa shape index (κ2) is 10.3. The molecule has 0 atom stereocenters. The minimum atomic E-state index is -0.456. The molecular weight excluding hydrogens is 491 g/mol. The Morgan fingerprint density at radius 3 is 2.59 bits per heavy atom. The fraction of sp³-hybridized carbons (Fsp3) is 0.214. The Morgan fingerprint density at radius 1 is 1.11 bits per heavy atom. The number of aliphatic hydroxyl groups is 1. The molecule has 1 aliphatic heterocycles. The van der Waals surface area contributed by atoms with E-state index in [1.807, 2.05) is 39.0 Å². The molecule has 0 saturated carbocycles. The number of aromatic nitrogens is 3. The standard InChI is InChI=1S/C28H25FN4O3S/c1-15-8-16(2)10-19(9-15)31-24(35)14-37-28-22-11-21-18(13-34)12-30-17(3)25(21)36-27(22)32-26(33-28)20-6-4-5-7-23(20)29/h4-10,12,34H,11,13-14H2,1-3H3,(H,31,35). The molecule has 7 nitrogen and oxygen atoms in total. The van der Waals surface area contributed by atoms with Gasteiger partial charge in [-0.2, -0.15) is 4.98 Å². The quantitative estimate of drug-likeness (QED) is 0.226. The smallest absolute Gasteiger partial charge is 0.234 e. The zero-order valence-electron chi connectivity index (χ0n) is 20.6. The second-order valence-corrected chi connectivity index (χ2v) is 9.91. The predicted molar refractivity (Wildman–Crippen MR) is 140 cm³/mol. The monoisotopic (exact) mass is 516 g/mol. The summed E-state index contributed by atoms with van der Waals surface area (Å²) in [5, 5.41) is 13.3. The van der Waals surface area contributed by atoms with E-state index in [2.05, 4.69) is 20.3 Å². The Hall–Kier alpha value is -3.82. The van der Waals surface area contributed by atoms with Crippen molar-refractivity contribution in [2.45, 2.75) is 38.8 Å². The molecular formula is C28H25FN4O3S. The summed E-state index contributed by atoms with van der Waals surface area (Å²) in [7, 11) is 0. The topological polar surface area (TPSA) is 97.2 Å². The van der Waals surface area contributed by atoms with Crippen LogP contribution < -0.4 is 10.1 Å². The fourth-order valence-electron chi connectivity index (χ4n) is 4.35. The number of nitrogens with zero attached hydrogens (tertiary/aromatic N) is 3. The molecule has 5 rings (SSSR count). The highest BCUT2D eigenvalue weighted by Crippen LogP contribution is 2.42.